The molecule has 1 heterocycles. The number of nitrogens with zero attached hydrogens (tertiary/aromatic N) is 2. The van der Waals surface area contributed by atoms with E-state index < -0.39 is 0 Å². The molecule has 1 aromatic heterocycles. The lowest BCUT2D eigenvalue weighted by Gasteiger charge is -2.14. The maximum Gasteiger partial charge on any atom is 0.262 e. The molecule has 30 heavy (non-hydrogen) atoms. The van der Waals surface area contributed by atoms with Crippen molar-refractivity contribution in [2.75, 3.05) is 25.3 Å². The predicted molar refractivity (Wildman–Crippen MR) is 118 cm³/mol. The van der Waals surface area contributed by atoms with E-state index in [-0.39, 0.29) is 23.3 Å². The van der Waals surface area contributed by atoms with Gasteiger partial charge in [0.1, 0.15) is 11.5 Å². The molecule has 1 saturated carbocycles. The largest absolute Gasteiger partial charge is 0.495 e. The Kier molecular flexibility index (Phi) is 5.87. The van der Waals surface area contributed by atoms with Gasteiger partial charge in [0, 0.05) is 12.1 Å². The maximum absolute atomic E-state index is 12.9. The van der Waals surface area contributed by atoms with Crippen LogP contribution in [-0.4, -0.2) is 35.4 Å². The highest BCUT2D eigenvalue weighted by molar-refractivity contribution is 7.99. The molecular weight excluding hydrogens is 426 g/mol. The van der Waals surface area contributed by atoms with Crippen LogP contribution in [0.4, 0.5) is 5.69 Å². The fraction of sp³-hybridized carbons (Fsp3) is 0.286. The van der Waals surface area contributed by atoms with Crippen LogP contribution in [0, 0.1) is 0 Å². The summed E-state index contributed by atoms with van der Waals surface area (Å²) in [6.07, 6.45) is 1.89. The number of halogens is 1. The molecule has 4 rings (SSSR count). The highest BCUT2D eigenvalue weighted by Crippen LogP contribution is 2.38. The third kappa shape index (κ3) is 4.11. The van der Waals surface area contributed by atoms with Crippen LogP contribution in [0.15, 0.2) is 46.3 Å². The molecule has 1 fully saturated rings. The number of ether oxygens (including phenoxy) is 2. The minimum Gasteiger partial charge on any atom is -0.495 e. The number of para-hydroxylation sites is 1. The number of thioether (sulfide) groups is 1. The van der Waals surface area contributed by atoms with Crippen LogP contribution in [0.1, 0.15) is 18.9 Å². The first-order chi connectivity index (χ1) is 14.5. The van der Waals surface area contributed by atoms with Crippen molar-refractivity contribution in [3.05, 3.63) is 51.8 Å². The van der Waals surface area contributed by atoms with Crippen LogP contribution >= 0.6 is 23.4 Å². The third-order valence-corrected chi connectivity index (χ3v) is 6.02. The van der Waals surface area contributed by atoms with E-state index in [0.29, 0.717) is 38.3 Å². The van der Waals surface area contributed by atoms with Gasteiger partial charge in [-0.2, -0.15) is 0 Å². The SMILES string of the molecule is COc1cc(OC)c(NC(=O)CSc2nc3ccccc3c(=O)n2C2CC2)cc1Cl. The van der Waals surface area contributed by atoms with Crippen LogP contribution < -0.4 is 20.3 Å². The lowest BCUT2D eigenvalue weighted by Crippen LogP contribution is -2.23. The van der Waals surface area contributed by atoms with E-state index in [1.165, 1.54) is 26.0 Å². The van der Waals surface area contributed by atoms with E-state index in [9.17, 15) is 9.59 Å². The molecule has 9 heteroatoms. The molecule has 156 valence electrons. The molecule has 3 aromatic rings. The van der Waals surface area contributed by atoms with Crippen molar-refractivity contribution < 1.29 is 14.3 Å². The molecule has 0 aliphatic heterocycles. The molecule has 1 aliphatic rings. The Labute approximate surface area is 182 Å². The van der Waals surface area contributed by atoms with Crippen molar-refractivity contribution in [2.45, 2.75) is 24.0 Å². The van der Waals surface area contributed by atoms with Gasteiger partial charge in [-0.1, -0.05) is 35.5 Å². The Morgan fingerprint density at radius 3 is 2.67 bits per heavy atom. The van der Waals surface area contributed by atoms with Gasteiger partial charge < -0.3 is 14.8 Å². The second kappa shape index (κ2) is 8.57. The zero-order chi connectivity index (χ0) is 21.3. The molecule has 0 bridgehead atoms. The lowest BCUT2D eigenvalue weighted by atomic mass is 10.2. The first-order valence-corrected chi connectivity index (χ1v) is 10.7. The Morgan fingerprint density at radius 2 is 1.97 bits per heavy atom. The summed E-state index contributed by atoms with van der Waals surface area (Å²) in [4.78, 5) is 30.1. The standard InChI is InChI=1S/C21H20ClN3O4S/c1-28-17-10-18(29-2)16(9-14(17)22)23-19(26)11-30-21-24-15-6-4-3-5-13(15)20(27)25(21)12-7-8-12/h3-6,9-10,12H,7-8,11H2,1-2H3,(H,23,26). The van der Waals surface area contributed by atoms with Crippen LogP contribution in [0.3, 0.4) is 0 Å². The highest BCUT2D eigenvalue weighted by atomic mass is 35.5. The predicted octanol–water partition coefficient (Wildman–Crippen LogP) is 4.13. The van der Waals surface area contributed by atoms with Crippen LogP contribution in [0.2, 0.25) is 5.02 Å². The summed E-state index contributed by atoms with van der Waals surface area (Å²) >= 11 is 7.40. The fourth-order valence-electron chi connectivity index (χ4n) is 3.16. The fourth-order valence-corrected chi connectivity index (χ4v) is 4.26. The van der Waals surface area contributed by atoms with E-state index in [1.807, 2.05) is 18.2 Å². The third-order valence-electron chi connectivity index (χ3n) is 4.77. The molecule has 0 spiro atoms. The Bertz CT molecular complexity index is 1180. The molecule has 1 N–H and O–H groups in total. The Hall–Kier alpha value is -2.71. The van der Waals surface area contributed by atoms with Gasteiger partial charge in [0.2, 0.25) is 5.91 Å². The van der Waals surface area contributed by atoms with Gasteiger partial charge in [0.15, 0.2) is 5.16 Å². The first-order valence-electron chi connectivity index (χ1n) is 9.37. The van der Waals surface area contributed by atoms with E-state index >= 15 is 0 Å². The smallest absolute Gasteiger partial charge is 0.262 e. The summed E-state index contributed by atoms with van der Waals surface area (Å²) in [6.45, 7) is 0. The summed E-state index contributed by atoms with van der Waals surface area (Å²) in [5.41, 5.74) is 1.01. The molecule has 0 atom stereocenters. The first kappa shape index (κ1) is 20.6. The van der Waals surface area contributed by atoms with E-state index in [4.69, 9.17) is 21.1 Å². The number of hydrogen-bond acceptors (Lipinski definition) is 6. The van der Waals surface area contributed by atoms with Crippen molar-refractivity contribution in [3.63, 3.8) is 0 Å². The van der Waals surface area contributed by atoms with Crippen molar-refractivity contribution in [2.24, 2.45) is 0 Å². The summed E-state index contributed by atoms with van der Waals surface area (Å²) in [5, 5.41) is 4.31. The van der Waals surface area contributed by atoms with Gasteiger partial charge in [-0.3, -0.25) is 14.2 Å². The van der Waals surface area contributed by atoms with Crippen molar-refractivity contribution in [1.82, 2.24) is 9.55 Å². The summed E-state index contributed by atoms with van der Waals surface area (Å²) in [6, 6.07) is 10.6. The van der Waals surface area contributed by atoms with Crippen molar-refractivity contribution in [1.29, 1.82) is 0 Å². The van der Waals surface area contributed by atoms with Crippen LogP contribution in [0.5, 0.6) is 11.5 Å². The molecule has 0 unspecified atom stereocenters. The number of carbonyl (C=O) groups is 1. The van der Waals surface area contributed by atoms with Gasteiger partial charge >= 0.3 is 0 Å². The summed E-state index contributed by atoms with van der Waals surface area (Å²) < 4.78 is 12.2. The number of fused-ring (bicyclic) bond motifs is 1. The van der Waals surface area contributed by atoms with E-state index in [0.717, 1.165) is 12.8 Å². The Morgan fingerprint density at radius 1 is 1.23 bits per heavy atom. The highest BCUT2D eigenvalue weighted by Gasteiger charge is 2.28. The molecule has 2 aromatic carbocycles. The second-order valence-corrected chi connectivity index (χ2v) is 8.19. The van der Waals surface area contributed by atoms with E-state index in [2.05, 4.69) is 10.3 Å². The molecule has 0 saturated heterocycles. The lowest BCUT2D eigenvalue weighted by molar-refractivity contribution is -0.113. The van der Waals surface area contributed by atoms with Crippen LogP contribution in [0.25, 0.3) is 10.9 Å². The summed E-state index contributed by atoms with van der Waals surface area (Å²) in [5.74, 6) is 0.719. The number of hydrogen-bond donors (Lipinski definition) is 1. The minimum atomic E-state index is -0.260. The average molecular weight is 446 g/mol. The number of aromatic nitrogens is 2. The van der Waals surface area contributed by atoms with E-state index in [1.54, 1.807) is 22.8 Å². The molecule has 1 amide bonds. The quantitative estimate of drug-likeness (QED) is 0.435. The molecule has 1 aliphatic carbocycles. The minimum absolute atomic E-state index is 0.0605. The Balaban J connectivity index is 1.55. The topological polar surface area (TPSA) is 82.5 Å². The van der Waals surface area contributed by atoms with Gasteiger partial charge in [-0.25, -0.2) is 4.98 Å². The molecular formula is C21H20ClN3O4S. The molecule has 7 nitrogen and oxygen atoms in total. The number of rotatable bonds is 7. The monoisotopic (exact) mass is 445 g/mol. The zero-order valence-electron chi connectivity index (χ0n) is 16.5. The van der Waals surface area contributed by atoms with Gasteiger partial charge in [-0.05, 0) is 31.0 Å². The molecule has 0 radical (unpaired) electrons. The van der Waals surface area contributed by atoms with Crippen molar-refractivity contribution in [3.8, 4) is 11.5 Å². The number of methoxy groups -OCH3 is 2. The van der Waals surface area contributed by atoms with Gasteiger partial charge in [0.05, 0.1) is 41.6 Å². The average Bonchev–Trinajstić information content (AvgIpc) is 3.57. The number of nitrogens with one attached hydrogen (secondary N) is 1. The number of anilines is 1. The van der Waals surface area contributed by atoms with Crippen LogP contribution in [-0.2, 0) is 4.79 Å². The second-order valence-electron chi connectivity index (χ2n) is 6.84. The number of benzene rings is 2. The van der Waals surface area contributed by atoms with Crippen molar-refractivity contribution >= 4 is 45.9 Å². The summed E-state index contributed by atoms with van der Waals surface area (Å²) in [7, 11) is 3.01. The maximum atomic E-state index is 12.9. The number of carbonyl (C=O) groups excluding carboxylic acids is 1. The normalized spacial score (nSPS) is 13.3. The van der Waals surface area contributed by atoms with Gasteiger partial charge in [-0.15, -0.1) is 0 Å². The van der Waals surface area contributed by atoms with Gasteiger partial charge in [0.25, 0.3) is 5.56 Å². The zero-order valence-corrected chi connectivity index (χ0v) is 18.0. The number of amides is 1.